The van der Waals surface area contributed by atoms with Gasteiger partial charge in [0.2, 0.25) is 0 Å². The van der Waals surface area contributed by atoms with Gasteiger partial charge in [-0.05, 0) is 26.7 Å². The molecule has 0 radical (unpaired) electrons. The maximum Gasteiger partial charge on any atom is 0.319 e. The van der Waals surface area contributed by atoms with Crippen LogP contribution >= 0.6 is 0 Å². The van der Waals surface area contributed by atoms with E-state index in [0.29, 0.717) is 19.2 Å². The average Bonchev–Trinajstić information content (AvgIpc) is 2.98. The van der Waals surface area contributed by atoms with Crippen LogP contribution in [0.15, 0.2) is 0 Å². The zero-order valence-corrected chi connectivity index (χ0v) is 9.84. The second-order valence-corrected chi connectivity index (χ2v) is 4.59. The lowest BCUT2D eigenvalue weighted by molar-refractivity contribution is -0.144. The first kappa shape index (κ1) is 12.5. The Balaban J connectivity index is 2.00. The van der Waals surface area contributed by atoms with Crippen LogP contribution in [0.4, 0.5) is 0 Å². The molecule has 0 aromatic carbocycles. The number of carbonyl (C=O) groups excluding carboxylic acids is 1. The summed E-state index contributed by atoms with van der Waals surface area (Å²) in [5.74, 6) is -0.172. The maximum absolute atomic E-state index is 11.2. The second kappa shape index (κ2) is 5.47. The number of nitrogens with one attached hydrogen (secondary N) is 1. The van der Waals surface area contributed by atoms with Gasteiger partial charge in [-0.3, -0.25) is 4.79 Å². The van der Waals surface area contributed by atoms with E-state index in [1.165, 1.54) is 12.8 Å². The average molecular weight is 215 g/mol. The van der Waals surface area contributed by atoms with Gasteiger partial charge in [-0.25, -0.2) is 0 Å². The summed E-state index contributed by atoms with van der Waals surface area (Å²) in [4.78, 5) is 11.2. The molecule has 4 heteroatoms. The summed E-state index contributed by atoms with van der Waals surface area (Å²) in [6.45, 7) is 4.71. The molecule has 15 heavy (non-hydrogen) atoms. The van der Waals surface area contributed by atoms with Crippen molar-refractivity contribution in [2.45, 2.75) is 44.8 Å². The van der Waals surface area contributed by atoms with E-state index in [4.69, 9.17) is 9.47 Å². The summed E-state index contributed by atoms with van der Waals surface area (Å²) in [6.07, 6.45) is 3.09. The molecule has 0 aromatic heterocycles. The third-order valence-corrected chi connectivity index (χ3v) is 2.63. The number of carbonyl (C=O) groups is 1. The quantitative estimate of drug-likeness (QED) is 0.646. The van der Waals surface area contributed by atoms with Crippen LogP contribution in [0.2, 0.25) is 0 Å². The Hall–Kier alpha value is -0.610. The third-order valence-electron chi connectivity index (χ3n) is 2.63. The predicted molar refractivity (Wildman–Crippen MR) is 57.7 cm³/mol. The van der Waals surface area contributed by atoms with Gasteiger partial charge < -0.3 is 14.8 Å². The summed E-state index contributed by atoms with van der Waals surface area (Å²) >= 11 is 0. The van der Waals surface area contributed by atoms with E-state index in [2.05, 4.69) is 5.32 Å². The Labute approximate surface area is 91.3 Å². The van der Waals surface area contributed by atoms with E-state index in [1.807, 2.05) is 13.8 Å². The van der Waals surface area contributed by atoms with E-state index >= 15 is 0 Å². The Morgan fingerprint density at radius 2 is 2.13 bits per heavy atom. The van der Waals surface area contributed by atoms with Crippen LogP contribution in [0.3, 0.4) is 0 Å². The van der Waals surface area contributed by atoms with E-state index in [9.17, 15) is 4.79 Å². The topological polar surface area (TPSA) is 47.6 Å². The lowest BCUT2D eigenvalue weighted by Crippen LogP contribution is -2.29. The first-order chi connectivity index (χ1) is 7.03. The number of ether oxygens (including phenoxy) is 2. The number of methoxy groups -OCH3 is 1. The highest BCUT2D eigenvalue weighted by Gasteiger charge is 2.22. The summed E-state index contributed by atoms with van der Waals surface area (Å²) < 4.78 is 10.3. The smallest absolute Gasteiger partial charge is 0.319 e. The third kappa shape index (κ3) is 5.74. The molecule has 0 amide bonds. The van der Waals surface area contributed by atoms with Crippen molar-refractivity contribution in [1.82, 2.24) is 5.32 Å². The molecule has 88 valence electrons. The maximum atomic E-state index is 11.2. The second-order valence-electron chi connectivity index (χ2n) is 4.59. The molecular formula is C11H21NO3. The molecule has 0 bridgehead atoms. The van der Waals surface area contributed by atoms with Crippen LogP contribution in [0, 0.1) is 0 Å². The molecule has 0 spiro atoms. The highest BCUT2D eigenvalue weighted by molar-refractivity contribution is 5.71. The number of esters is 1. The van der Waals surface area contributed by atoms with Gasteiger partial charge in [0.25, 0.3) is 0 Å². The van der Waals surface area contributed by atoms with Crippen LogP contribution < -0.4 is 5.32 Å². The zero-order valence-electron chi connectivity index (χ0n) is 9.84. The van der Waals surface area contributed by atoms with Crippen LogP contribution in [-0.2, 0) is 14.3 Å². The van der Waals surface area contributed by atoms with Crippen molar-refractivity contribution in [3.05, 3.63) is 0 Å². The Kier molecular flexibility index (Phi) is 4.54. The molecule has 1 aliphatic rings. The van der Waals surface area contributed by atoms with Crippen LogP contribution in [0.25, 0.3) is 0 Å². The van der Waals surface area contributed by atoms with Gasteiger partial charge in [-0.15, -0.1) is 0 Å². The fourth-order valence-electron chi connectivity index (χ4n) is 1.08. The monoisotopic (exact) mass is 215 g/mol. The van der Waals surface area contributed by atoms with Crippen molar-refractivity contribution in [3.63, 3.8) is 0 Å². The summed E-state index contributed by atoms with van der Waals surface area (Å²) in [5.41, 5.74) is -0.218. The summed E-state index contributed by atoms with van der Waals surface area (Å²) in [7, 11) is 1.66. The van der Waals surface area contributed by atoms with Crippen molar-refractivity contribution in [3.8, 4) is 0 Å². The fourth-order valence-corrected chi connectivity index (χ4v) is 1.08. The minimum atomic E-state index is -0.218. The molecule has 1 fully saturated rings. The van der Waals surface area contributed by atoms with E-state index in [0.717, 1.165) is 6.42 Å². The molecule has 0 heterocycles. The van der Waals surface area contributed by atoms with Gasteiger partial charge in [0, 0.05) is 19.6 Å². The molecular weight excluding hydrogens is 194 g/mol. The first-order valence-electron chi connectivity index (χ1n) is 5.48. The molecule has 1 rings (SSSR count). The van der Waals surface area contributed by atoms with Gasteiger partial charge >= 0.3 is 5.97 Å². The standard InChI is InChI=1S/C11H21NO3/c1-11(2,14-3)6-7-15-10(13)8-12-9-4-5-9/h9,12H,4-8H2,1-3H3. The first-order valence-corrected chi connectivity index (χ1v) is 5.48. The van der Waals surface area contributed by atoms with Gasteiger partial charge in [0.15, 0.2) is 0 Å². The molecule has 0 atom stereocenters. The summed E-state index contributed by atoms with van der Waals surface area (Å²) in [6, 6.07) is 0.549. The van der Waals surface area contributed by atoms with Gasteiger partial charge in [0.05, 0.1) is 18.8 Å². The summed E-state index contributed by atoms with van der Waals surface area (Å²) in [5, 5.41) is 3.11. The molecule has 1 N–H and O–H groups in total. The van der Waals surface area contributed by atoms with E-state index in [1.54, 1.807) is 7.11 Å². The van der Waals surface area contributed by atoms with Crippen LogP contribution in [0.5, 0.6) is 0 Å². The van der Waals surface area contributed by atoms with Gasteiger partial charge in [-0.1, -0.05) is 0 Å². The Morgan fingerprint density at radius 1 is 1.47 bits per heavy atom. The minimum Gasteiger partial charge on any atom is -0.465 e. The number of hydrogen-bond acceptors (Lipinski definition) is 4. The van der Waals surface area contributed by atoms with Crippen molar-refractivity contribution >= 4 is 5.97 Å². The molecule has 4 nitrogen and oxygen atoms in total. The zero-order chi connectivity index (χ0) is 11.3. The van der Waals surface area contributed by atoms with E-state index < -0.39 is 0 Å². The fraction of sp³-hybridized carbons (Fsp3) is 0.909. The molecule has 0 unspecified atom stereocenters. The molecule has 0 saturated heterocycles. The van der Waals surface area contributed by atoms with Crippen LogP contribution in [0.1, 0.15) is 33.1 Å². The number of hydrogen-bond donors (Lipinski definition) is 1. The Morgan fingerprint density at radius 3 is 2.67 bits per heavy atom. The molecule has 0 aliphatic heterocycles. The highest BCUT2D eigenvalue weighted by atomic mass is 16.5. The van der Waals surface area contributed by atoms with Gasteiger partial charge in [-0.2, -0.15) is 0 Å². The van der Waals surface area contributed by atoms with Crippen molar-refractivity contribution in [1.29, 1.82) is 0 Å². The van der Waals surface area contributed by atoms with Gasteiger partial charge in [0.1, 0.15) is 0 Å². The van der Waals surface area contributed by atoms with E-state index in [-0.39, 0.29) is 11.6 Å². The molecule has 1 aliphatic carbocycles. The highest BCUT2D eigenvalue weighted by Crippen LogP contribution is 2.18. The SMILES string of the molecule is COC(C)(C)CCOC(=O)CNC1CC1. The van der Waals surface area contributed by atoms with Crippen molar-refractivity contribution in [2.24, 2.45) is 0 Å². The number of rotatable bonds is 7. The molecule has 0 aromatic rings. The van der Waals surface area contributed by atoms with Crippen molar-refractivity contribution in [2.75, 3.05) is 20.3 Å². The minimum absolute atomic E-state index is 0.172. The Bertz CT molecular complexity index is 212. The van der Waals surface area contributed by atoms with Crippen molar-refractivity contribution < 1.29 is 14.3 Å². The normalized spacial score (nSPS) is 16.5. The largest absolute Gasteiger partial charge is 0.465 e. The lowest BCUT2D eigenvalue weighted by Gasteiger charge is -2.22. The lowest BCUT2D eigenvalue weighted by atomic mass is 10.1. The predicted octanol–water partition coefficient (Wildman–Crippen LogP) is 1.10. The van der Waals surface area contributed by atoms with Crippen LogP contribution in [-0.4, -0.2) is 37.9 Å². The molecule has 1 saturated carbocycles.